The number of nitrogens with one attached hydrogen (secondary N) is 1. The van der Waals surface area contributed by atoms with Crippen molar-refractivity contribution in [3.05, 3.63) is 4.77 Å². The molecule has 0 saturated heterocycles. The van der Waals surface area contributed by atoms with Crippen molar-refractivity contribution in [3.63, 3.8) is 0 Å². The van der Waals surface area contributed by atoms with E-state index in [2.05, 4.69) is 29.4 Å². The Morgan fingerprint density at radius 3 is 2.79 bits per heavy atom. The molecule has 0 amide bonds. The summed E-state index contributed by atoms with van der Waals surface area (Å²) in [5.41, 5.74) is 0. The molecule has 0 spiro atoms. The van der Waals surface area contributed by atoms with Crippen molar-refractivity contribution >= 4 is 12.2 Å². The second-order valence-electron chi connectivity index (χ2n) is 4.42. The quantitative estimate of drug-likeness (QED) is 0.727. The topological polar surface area (TPSA) is 46.5 Å². The zero-order chi connectivity index (χ0) is 10.1. The Bertz CT molecular complexity index is 356. The van der Waals surface area contributed by atoms with Gasteiger partial charge < -0.3 is 0 Å². The lowest BCUT2D eigenvalue weighted by molar-refractivity contribution is 0.191. The summed E-state index contributed by atoms with van der Waals surface area (Å²) in [5, 5.41) is 10.4. The van der Waals surface area contributed by atoms with Crippen molar-refractivity contribution in [1.82, 2.24) is 20.2 Å². The highest BCUT2D eigenvalue weighted by molar-refractivity contribution is 7.71. The molecule has 0 aromatic carbocycles. The Morgan fingerprint density at radius 2 is 2.21 bits per heavy atom. The Hall–Kier alpha value is -0.710. The maximum Gasteiger partial charge on any atom is 0.238 e. The van der Waals surface area contributed by atoms with Gasteiger partial charge in [-0.1, -0.05) is 24.2 Å². The Balaban J connectivity index is 2.20. The van der Waals surface area contributed by atoms with E-state index in [9.17, 15) is 0 Å². The van der Waals surface area contributed by atoms with Crippen molar-refractivity contribution in [2.75, 3.05) is 0 Å². The summed E-state index contributed by atoms with van der Waals surface area (Å²) in [7, 11) is 0. The van der Waals surface area contributed by atoms with Crippen LogP contribution in [-0.4, -0.2) is 20.2 Å². The van der Waals surface area contributed by atoms with Crippen LogP contribution in [0.3, 0.4) is 0 Å². The molecule has 1 N–H and O–H groups in total. The average molecular weight is 212 g/mol. The molecule has 3 unspecified atom stereocenters. The van der Waals surface area contributed by atoms with Gasteiger partial charge in [-0.2, -0.15) is 5.21 Å². The molecule has 78 valence electrons. The lowest BCUT2D eigenvalue weighted by Crippen LogP contribution is -2.25. The number of nitrogens with zero attached hydrogens (tertiary/aromatic N) is 3. The zero-order valence-electron chi connectivity index (χ0n) is 8.60. The molecular weight excluding hydrogens is 196 g/mol. The highest BCUT2D eigenvalue weighted by Crippen LogP contribution is 2.35. The number of H-pyrrole nitrogens is 1. The van der Waals surface area contributed by atoms with Crippen LogP contribution in [0.4, 0.5) is 0 Å². The molecule has 0 radical (unpaired) electrons. The van der Waals surface area contributed by atoms with Gasteiger partial charge in [0.05, 0.1) is 6.04 Å². The second-order valence-corrected chi connectivity index (χ2v) is 4.78. The van der Waals surface area contributed by atoms with Crippen molar-refractivity contribution in [2.45, 2.75) is 39.2 Å². The lowest BCUT2D eigenvalue weighted by atomic mass is 9.80. The van der Waals surface area contributed by atoms with Crippen LogP contribution in [0.15, 0.2) is 0 Å². The van der Waals surface area contributed by atoms with E-state index in [1.165, 1.54) is 19.3 Å². The van der Waals surface area contributed by atoms with Crippen molar-refractivity contribution in [3.8, 4) is 0 Å². The number of rotatable bonds is 1. The number of aromatic amines is 1. The summed E-state index contributed by atoms with van der Waals surface area (Å²) < 4.78 is 2.52. The number of hydrogen-bond donors (Lipinski definition) is 1. The molecule has 1 heterocycles. The van der Waals surface area contributed by atoms with Crippen LogP contribution in [0.25, 0.3) is 0 Å². The fourth-order valence-electron chi connectivity index (χ4n) is 2.45. The fraction of sp³-hybridized carbons (Fsp3) is 0.889. The summed E-state index contributed by atoms with van der Waals surface area (Å²) in [6.07, 6.45) is 3.72. The van der Waals surface area contributed by atoms with Gasteiger partial charge in [-0.05, 0) is 43.3 Å². The van der Waals surface area contributed by atoms with Crippen LogP contribution in [0.1, 0.15) is 39.2 Å². The normalized spacial score (nSPS) is 33.1. The SMILES string of the molecule is CC1CCC(n2[nH]nnc2=S)C(C)C1. The molecular formula is C9H16N4S. The summed E-state index contributed by atoms with van der Waals surface area (Å²) in [6, 6.07) is 0.466. The molecule has 2 rings (SSSR count). The first-order valence-corrected chi connectivity index (χ1v) is 5.59. The molecule has 1 saturated carbocycles. The minimum atomic E-state index is 0.466. The number of aromatic nitrogens is 4. The van der Waals surface area contributed by atoms with Crippen LogP contribution in [0.5, 0.6) is 0 Å². The highest BCUT2D eigenvalue weighted by Gasteiger charge is 2.27. The molecule has 1 aliphatic rings. The van der Waals surface area contributed by atoms with Gasteiger partial charge in [-0.25, -0.2) is 4.68 Å². The van der Waals surface area contributed by atoms with Crippen LogP contribution in [-0.2, 0) is 0 Å². The standard InChI is InChI=1S/C9H16N4S/c1-6-3-4-8(7(2)5-6)13-9(14)10-11-12-13/h6-8H,3-5H2,1-2H3,(H,10,12,14). The number of hydrogen-bond acceptors (Lipinski definition) is 3. The van der Waals surface area contributed by atoms with E-state index in [0.29, 0.717) is 16.7 Å². The summed E-state index contributed by atoms with van der Waals surface area (Å²) in [5.74, 6) is 1.50. The van der Waals surface area contributed by atoms with E-state index in [0.717, 1.165) is 5.92 Å². The average Bonchev–Trinajstić information content (AvgIpc) is 2.52. The van der Waals surface area contributed by atoms with E-state index in [1.54, 1.807) is 0 Å². The van der Waals surface area contributed by atoms with E-state index in [4.69, 9.17) is 12.2 Å². The van der Waals surface area contributed by atoms with Crippen LogP contribution in [0.2, 0.25) is 0 Å². The van der Waals surface area contributed by atoms with Crippen LogP contribution >= 0.6 is 12.2 Å². The van der Waals surface area contributed by atoms with Gasteiger partial charge in [-0.3, -0.25) is 0 Å². The van der Waals surface area contributed by atoms with E-state index in [1.807, 2.05) is 4.68 Å². The molecule has 3 atom stereocenters. The smallest absolute Gasteiger partial charge is 0.238 e. The highest BCUT2D eigenvalue weighted by atomic mass is 32.1. The zero-order valence-corrected chi connectivity index (χ0v) is 9.42. The van der Waals surface area contributed by atoms with Gasteiger partial charge in [0.2, 0.25) is 4.77 Å². The van der Waals surface area contributed by atoms with Gasteiger partial charge in [0, 0.05) is 0 Å². The lowest BCUT2D eigenvalue weighted by Gasteiger charge is -2.32. The minimum Gasteiger partial charge on any atom is -0.239 e. The summed E-state index contributed by atoms with van der Waals surface area (Å²) in [6.45, 7) is 4.60. The minimum absolute atomic E-state index is 0.466. The molecule has 0 aliphatic heterocycles. The predicted molar refractivity (Wildman–Crippen MR) is 56.4 cm³/mol. The van der Waals surface area contributed by atoms with Crippen LogP contribution in [0, 0.1) is 16.6 Å². The molecule has 4 nitrogen and oxygen atoms in total. The van der Waals surface area contributed by atoms with Gasteiger partial charge in [0.25, 0.3) is 0 Å². The largest absolute Gasteiger partial charge is 0.239 e. The maximum atomic E-state index is 5.11. The molecule has 14 heavy (non-hydrogen) atoms. The van der Waals surface area contributed by atoms with Gasteiger partial charge in [0.1, 0.15) is 0 Å². The van der Waals surface area contributed by atoms with E-state index < -0.39 is 0 Å². The van der Waals surface area contributed by atoms with Crippen molar-refractivity contribution in [1.29, 1.82) is 0 Å². The van der Waals surface area contributed by atoms with Crippen molar-refractivity contribution < 1.29 is 0 Å². The first kappa shape index (κ1) is 9.83. The second kappa shape index (κ2) is 3.81. The molecule has 1 fully saturated rings. The van der Waals surface area contributed by atoms with Gasteiger partial charge in [0.15, 0.2) is 0 Å². The van der Waals surface area contributed by atoms with E-state index >= 15 is 0 Å². The van der Waals surface area contributed by atoms with Gasteiger partial charge >= 0.3 is 0 Å². The Morgan fingerprint density at radius 1 is 1.43 bits per heavy atom. The summed E-state index contributed by atoms with van der Waals surface area (Å²) >= 11 is 5.11. The molecule has 5 heteroatoms. The molecule has 1 aromatic heterocycles. The Kier molecular flexibility index (Phi) is 2.67. The van der Waals surface area contributed by atoms with Crippen molar-refractivity contribution in [2.24, 2.45) is 11.8 Å². The first-order chi connectivity index (χ1) is 6.68. The molecule has 0 bridgehead atoms. The third-order valence-electron chi connectivity index (χ3n) is 3.21. The van der Waals surface area contributed by atoms with Gasteiger partial charge in [-0.15, -0.1) is 0 Å². The Labute approximate surface area is 88.7 Å². The van der Waals surface area contributed by atoms with E-state index in [-0.39, 0.29) is 0 Å². The fourth-order valence-corrected chi connectivity index (χ4v) is 2.67. The third kappa shape index (κ3) is 1.73. The third-order valence-corrected chi connectivity index (χ3v) is 3.49. The van der Waals surface area contributed by atoms with Crippen LogP contribution < -0.4 is 0 Å². The monoisotopic (exact) mass is 212 g/mol. The maximum absolute atomic E-state index is 5.11. The first-order valence-electron chi connectivity index (χ1n) is 5.18. The molecule has 1 aliphatic carbocycles. The summed E-state index contributed by atoms with van der Waals surface area (Å²) in [4.78, 5) is 0. The molecule has 1 aromatic rings. The predicted octanol–water partition coefficient (Wildman–Crippen LogP) is 2.33. The number of tetrazole rings is 1.